The van der Waals surface area contributed by atoms with Crippen molar-refractivity contribution in [1.29, 1.82) is 0 Å². The number of alkyl halides is 2. The number of aromatic nitrogens is 1. The zero-order valence-corrected chi connectivity index (χ0v) is 9.31. The second kappa shape index (κ2) is 10.4. The molecule has 5 heteroatoms. The molecule has 0 unspecified atom stereocenters. The SMILES string of the molecule is ClCCl.O=C1CCCN1.c1cc[nH]c1. The molecule has 0 saturated carbocycles. The highest BCUT2D eigenvalue weighted by Gasteiger charge is 2.05. The second-order valence-electron chi connectivity index (χ2n) is 2.44. The van der Waals surface area contributed by atoms with Crippen LogP contribution in [0, 0.1) is 0 Å². The standard InChI is InChI=1S/C4H7NO.C4H5N.CH2Cl2/c6-4-2-1-3-5-4;1-2-4-5-3-1;2-1-3/h1-3H2,(H,5,6);1-5H;1H2. The summed E-state index contributed by atoms with van der Waals surface area (Å²) >= 11 is 9.53. The van der Waals surface area contributed by atoms with Gasteiger partial charge in [0.15, 0.2) is 0 Å². The van der Waals surface area contributed by atoms with Gasteiger partial charge in [0.05, 0.1) is 5.34 Å². The lowest BCUT2D eigenvalue weighted by molar-refractivity contribution is -0.119. The Morgan fingerprint density at radius 3 is 2.00 bits per heavy atom. The smallest absolute Gasteiger partial charge is 0.220 e. The molecular weight excluding hydrogens is 223 g/mol. The molecule has 1 aromatic rings. The Bertz CT molecular complexity index is 189. The first-order chi connectivity index (χ1) is 6.81. The van der Waals surface area contributed by atoms with Gasteiger partial charge in [-0.2, -0.15) is 0 Å². The number of aromatic amines is 1. The number of halogens is 2. The van der Waals surface area contributed by atoms with Crippen molar-refractivity contribution < 1.29 is 4.79 Å². The van der Waals surface area contributed by atoms with E-state index < -0.39 is 0 Å². The van der Waals surface area contributed by atoms with Crippen molar-refractivity contribution in [3.63, 3.8) is 0 Å². The van der Waals surface area contributed by atoms with Crippen LogP contribution in [0.15, 0.2) is 24.5 Å². The van der Waals surface area contributed by atoms with Crippen molar-refractivity contribution in [1.82, 2.24) is 10.3 Å². The number of rotatable bonds is 0. The maximum atomic E-state index is 10.1. The quantitative estimate of drug-likeness (QED) is 0.668. The maximum Gasteiger partial charge on any atom is 0.220 e. The highest BCUT2D eigenvalue weighted by atomic mass is 35.5. The molecule has 0 aliphatic carbocycles. The molecule has 0 aromatic carbocycles. The first-order valence-corrected chi connectivity index (χ1v) is 5.34. The fourth-order valence-electron chi connectivity index (χ4n) is 0.843. The predicted octanol–water partition coefficient (Wildman–Crippen LogP) is 2.33. The van der Waals surface area contributed by atoms with Gasteiger partial charge >= 0.3 is 0 Å². The number of hydrogen-bond acceptors (Lipinski definition) is 1. The number of carbonyl (C=O) groups is 1. The normalized spacial score (nSPS) is 13.1. The third-order valence-corrected chi connectivity index (χ3v) is 1.40. The van der Waals surface area contributed by atoms with Crippen LogP contribution in [0.4, 0.5) is 0 Å². The highest BCUT2D eigenvalue weighted by Crippen LogP contribution is 1.93. The van der Waals surface area contributed by atoms with Crippen molar-refractivity contribution in [2.24, 2.45) is 0 Å². The van der Waals surface area contributed by atoms with Gasteiger partial charge in [0.1, 0.15) is 0 Å². The Morgan fingerprint density at radius 2 is 1.86 bits per heavy atom. The van der Waals surface area contributed by atoms with Crippen LogP contribution in [0.5, 0.6) is 0 Å². The van der Waals surface area contributed by atoms with E-state index in [1.807, 2.05) is 24.5 Å². The summed E-state index contributed by atoms with van der Waals surface area (Å²) in [5.41, 5.74) is 0. The van der Waals surface area contributed by atoms with Gasteiger partial charge in [0.25, 0.3) is 0 Å². The van der Waals surface area contributed by atoms with Gasteiger partial charge in [-0.05, 0) is 18.6 Å². The Morgan fingerprint density at radius 1 is 1.29 bits per heavy atom. The van der Waals surface area contributed by atoms with Crippen LogP contribution in [-0.2, 0) is 4.79 Å². The van der Waals surface area contributed by atoms with Crippen molar-refractivity contribution in [3.8, 4) is 0 Å². The van der Waals surface area contributed by atoms with Crippen LogP contribution in [-0.4, -0.2) is 22.8 Å². The van der Waals surface area contributed by atoms with E-state index in [0.29, 0.717) is 0 Å². The first kappa shape index (κ1) is 13.3. The molecule has 0 atom stereocenters. The Kier molecular flexibility index (Phi) is 9.91. The molecule has 1 aromatic heterocycles. The molecular formula is C9H14Cl2N2O. The average molecular weight is 237 g/mol. The van der Waals surface area contributed by atoms with E-state index in [9.17, 15) is 4.79 Å². The zero-order valence-electron chi connectivity index (χ0n) is 7.80. The molecule has 2 heterocycles. The van der Waals surface area contributed by atoms with Gasteiger partial charge in [-0.3, -0.25) is 4.79 Å². The second-order valence-corrected chi connectivity index (χ2v) is 3.25. The number of H-pyrrole nitrogens is 1. The van der Waals surface area contributed by atoms with E-state index in [4.69, 9.17) is 23.2 Å². The van der Waals surface area contributed by atoms with Crippen molar-refractivity contribution >= 4 is 29.1 Å². The van der Waals surface area contributed by atoms with E-state index in [2.05, 4.69) is 10.3 Å². The van der Waals surface area contributed by atoms with E-state index in [1.54, 1.807) is 0 Å². The monoisotopic (exact) mass is 236 g/mol. The van der Waals surface area contributed by atoms with Crippen molar-refractivity contribution in [2.45, 2.75) is 12.8 Å². The van der Waals surface area contributed by atoms with Crippen molar-refractivity contribution in [3.05, 3.63) is 24.5 Å². The summed E-state index contributed by atoms with van der Waals surface area (Å²) in [5, 5.41) is 2.88. The lowest BCUT2D eigenvalue weighted by Crippen LogP contribution is -2.12. The number of nitrogens with one attached hydrogen (secondary N) is 2. The molecule has 0 bridgehead atoms. The molecule has 1 aliphatic heterocycles. The topological polar surface area (TPSA) is 44.9 Å². The first-order valence-electron chi connectivity index (χ1n) is 4.27. The van der Waals surface area contributed by atoms with Gasteiger partial charge < -0.3 is 10.3 Å². The number of carbonyl (C=O) groups excluding carboxylic acids is 1. The lowest BCUT2D eigenvalue weighted by Gasteiger charge is -1.80. The lowest BCUT2D eigenvalue weighted by atomic mass is 10.4. The summed E-state index contributed by atoms with van der Waals surface area (Å²) in [6.07, 6.45) is 5.51. The molecule has 0 radical (unpaired) electrons. The third-order valence-electron chi connectivity index (χ3n) is 1.40. The molecule has 1 saturated heterocycles. The Labute approximate surface area is 93.8 Å². The fraction of sp³-hybridized carbons (Fsp3) is 0.444. The zero-order chi connectivity index (χ0) is 10.6. The fourth-order valence-corrected chi connectivity index (χ4v) is 0.843. The predicted molar refractivity (Wildman–Crippen MR) is 59.6 cm³/mol. The molecule has 1 aliphatic rings. The minimum atomic E-state index is 0.194. The average Bonchev–Trinajstić information content (AvgIpc) is 2.78. The van der Waals surface area contributed by atoms with Gasteiger partial charge in [0, 0.05) is 25.4 Å². The summed E-state index contributed by atoms with van der Waals surface area (Å²) in [7, 11) is 0. The molecule has 80 valence electrons. The van der Waals surface area contributed by atoms with Crippen LogP contribution in [0.25, 0.3) is 0 Å². The molecule has 3 nitrogen and oxygen atoms in total. The summed E-state index contributed by atoms with van der Waals surface area (Å²) in [6.45, 7) is 0.888. The van der Waals surface area contributed by atoms with E-state index in [1.165, 1.54) is 0 Å². The van der Waals surface area contributed by atoms with Gasteiger partial charge in [-0.15, -0.1) is 23.2 Å². The van der Waals surface area contributed by atoms with Crippen molar-refractivity contribution in [2.75, 3.05) is 11.9 Å². The summed E-state index contributed by atoms with van der Waals surface area (Å²) in [4.78, 5) is 13.0. The van der Waals surface area contributed by atoms with E-state index >= 15 is 0 Å². The summed E-state index contributed by atoms with van der Waals surface area (Å²) < 4.78 is 0. The summed E-state index contributed by atoms with van der Waals surface area (Å²) in [5.74, 6) is 0.204. The minimum absolute atomic E-state index is 0.194. The van der Waals surface area contributed by atoms with E-state index in [0.717, 1.165) is 19.4 Å². The van der Waals surface area contributed by atoms with Crippen LogP contribution in [0.2, 0.25) is 0 Å². The van der Waals surface area contributed by atoms with Crippen LogP contribution >= 0.6 is 23.2 Å². The number of amides is 1. The van der Waals surface area contributed by atoms with Gasteiger partial charge in [-0.25, -0.2) is 0 Å². The van der Waals surface area contributed by atoms with E-state index in [-0.39, 0.29) is 11.2 Å². The maximum absolute atomic E-state index is 10.1. The minimum Gasteiger partial charge on any atom is -0.368 e. The van der Waals surface area contributed by atoms with Crippen LogP contribution in [0.1, 0.15) is 12.8 Å². The Balaban J connectivity index is 0.000000193. The molecule has 1 fully saturated rings. The summed E-state index contributed by atoms with van der Waals surface area (Å²) in [6, 6.07) is 3.89. The Hall–Kier alpha value is -0.670. The third kappa shape index (κ3) is 9.42. The van der Waals surface area contributed by atoms with Gasteiger partial charge in [0.2, 0.25) is 5.91 Å². The molecule has 14 heavy (non-hydrogen) atoms. The highest BCUT2D eigenvalue weighted by molar-refractivity contribution is 6.40. The molecule has 2 N–H and O–H groups in total. The van der Waals surface area contributed by atoms with Crippen LogP contribution in [0.3, 0.4) is 0 Å². The van der Waals surface area contributed by atoms with Crippen LogP contribution < -0.4 is 5.32 Å². The largest absolute Gasteiger partial charge is 0.368 e. The molecule has 0 spiro atoms. The molecule has 2 rings (SSSR count). The molecule has 1 amide bonds. The number of hydrogen-bond donors (Lipinski definition) is 2. The van der Waals surface area contributed by atoms with Gasteiger partial charge in [-0.1, -0.05) is 0 Å².